The van der Waals surface area contributed by atoms with Gasteiger partial charge in [0, 0.05) is 18.8 Å². The Bertz CT molecular complexity index is 1020. The molecule has 0 atom stereocenters. The number of aliphatic carboxylic acids is 1. The first kappa shape index (κ1) is 25.6. The molecule has 2 aromatic rings. The van der Waals surface area contributed by atoms with Crippen molar-refractivity contribution in [1.82, 2.24) is 14.8 Å². The number of aryl methyl sites for hydroxylation is 1. The zero-order chi connectivity index (χ0) is 24.9. The van der Waals surface area contributed by atoms with Gasteiger partial charge in [0.25, 0.3) is 5.91 Å². The third kappa shape index (κ3) is 6.54. The van der Waals surface area contributed by atoms with Gasteiger partial charge in [-0.25, -0.2) is 4.79 Å². The summed E-state index contributed by atoms with van der Waals surface area (Å²) in [6.45, 7) is 4.42. The minimum Gasteiger partial charge on any atom is -0.475 e. The van der Waals surface area contributed by atoms with E-state index in [1.807, 2.05) is 52.4 Å². The van der Waals surface area contributed by atoms with E-state index in [0.717, 1.165) is 29.1 Å². The fourth-order valence-corrected chi connectivity index (χ4v) is 4.48. The summed E-state index contributed by atoms with van der Waals surface area (Å²) in [5, 5.41) is 9.05. The lowest BCUT2D eigenvalue weighted by molar-refractivity contribution is -0.192. The molecule has 34 heavy (non-hydrogen) atoms. The Labute approximate surface area is 197 Å². The van der Waals surface area contributed by atoms with Gasteiger partial charge in [-0.3, -0.25) is 14.6 Å². The van der Waals surface area contributed by atoms with E-state index in [0.29, 0.717) is 26.2 Å². The predicted molar refractivity (Wildman–Crippen MR) is 116 cm³/mol. The van der Waals surface area contributed by atoms with Crippen LogP contribution < -0.4 is 0 Å². The summed E-state index contributed by atoms with van der Waals surface area (Å²) in [5.41, 5.74) is 1.48. The molecule has 2 aliphatic rings. The fourth-order valence-electron chi connectivity index (χ4n) is 3.79. The normalized spacial score (nSPS) is 17.8. The number of rotatable bonds is 3. The average molecular weight is 500 g/mol. The van der Waals surface area contributed by atoms with Crippen LogP contribution in [0.15, 0.2) is 35.7 Å². The van der Waals surface area contributed by atoms with Crippen LogP contribution in [0.4, 0.5) is 13.2 Å². The number of carbonyl (C=O) groups is 3. The highest BCUT2D eigenvalue weighted by molar-refractivity contribution is 7.12. The van der Waals surface area contributed by atoms with Crippen molar-refractivity contribution in [3.8, 4) is 0 Å². The van der Waals surface area contributed by atoms with Crippen LogP contribution >= 0.6 is 11.3 Å². The minimum absolute atomic E-state index is 0.000947. The lowest BCUT2D eigenvalue weighted by Gasteiger charge is -2.46. The molecule has 4 heterocycles. The number of carbonyl (C=O) groups excluding carboxylic acids is 2. The number of halogens is 3. The first-order chi connectivity index (χ1) is 16.0. The zero-order valence-corrected chi connectivity index (χ0v) is 19.2. The Morgan fingerprint density at radius 2 is 1.88 bits per heavy atom. The second-order valence-electron chi connectivity index (χ2n) is 8.06. The maximum absolute atomic E-state index is 12.5. The Hall–Kier alpha value is -2.99. The van der Waals surface area contributed by atoms with Gasteiger partial charge in [0.1, 0.15) is 6.61 Å². The van der Waals surface area contributed by atoms with Crippen molar-refractivity contribution in [3.05, 3.63) is 52.0 Å². The molecule has 184 valence electrons. The molecule has 4 rings (SSSR count). The fraction of sp³-hybridized carbons (Fsp3) is 0.455. The molecule has 12 heteroatoms. The average Bonchev–Trinajstić information content (AvgIpc) is 3.31. The standard InChI is InChI=1S/C20H23N3O3S.C2HF3O2/c1-15-4-2-5-16(21-15)12-23-14-20(26-13-18(23)24)7-9-22(10-8-20)19(25)17-6-3-11-27-17;3-2(4,5)1(6)7/h2-6,11H,7-10,12-14H2,1H3;(H,6,7). The number of thiophene rings is 1. The molecule has 0 unspecified atom stereocenters. The highest BCUT2D eigenvalue weighted by Crippen LogP contribution is 2.32. The smallest absolute Gasteiger partial charge is 0.475 e. The maximum Gasteiger partial charge on any atom is 0.490 e. The van der Waals surface area contributed by atoms with Crippen molar-refractivity contribution < 1.29 is 37.4 Å². The molecular weight excluding hydrogens is 475 g/mol. The summed E-state index contributed by atoms with van der Waals surface area (Å²) in [7, 11) is 0. The number of ether oxygens (including phenoxy) is 1. The molecule has 0 bridgehead atoms. The topological polar surface area (TPSA) is 100 Å². The molecule has 0 saturated carbocycles. The van der Waals surface area contributed by atoms with Gasteiger partial charge in [-0.15, -0.1) is 11.3 Å². The highest BCUT2D eigenvalue weighted by atomic mass is 32.1. The first-order valence-corrected chi connectivity index (χ1v) is 11.3. The maximum atomic E-state index is 12.5. The number of aromatic nitrogens is 1. The van der Waals surface area contributed by atoms with Crippen molar-refractivity contribution in [1.29, 1.82) is 0 Å². The van der Waals surface area contributed by atoms with Gasteiger partial charge in [-0.05, 0) is 43.3 Å². The lowest BCUT2D eigenvalue weighted by atomic mass is 9.89. The summed E-state index contributed by atoms with van der Waals surface area (Å²) >= 11 is 1.47. The van der Waals surface area contributed by atoms with Crippen molar-refractivity contribution in [3.63, 3.8) is 0 Å². The Morgan fingerprint density at radius 1 is 1.21 bits per heavy atom. The van der Waals surface area contributed by atoms with E-state index in [9.17, 15) is 22.8 Å². The molecule has 1 N–H and O–H groups in total. The van der Waals surface area contributed by atoms with Crippen molar-refractivity contribution in [2.45, 2.75) is 38.1 Å². The van der Waals surface area contributed by atoms with E-state index < -0.39 is 12.1 Å². The predicted octanol–water partition coefficient (Wildman–Crippen LogP) is 3.12. The third-order valence-corrected chi connectivity index (χ3v) is 6.43. The number of hydrogen-bond acceptors (Lipinski definition) is 6. The van der Waals surface area contributed by atoms with Crippen LogP contribution in [-0.2, 0) is 20.9 Å². The number of piperidine rings is 1. The molecule has 0 aromatic carbocycles. The number of hydrogen-bond donors (Lipinski definition) is 1. The van der Waals surface area contributed by atoms with Crippen molar-refractivity contribution in [2.75, 3.05) is 26.2 Å². The molecule has 2 fully saturated rings. The van der Waals surface area contributed by atoms with Gasteiger partial charge >= 0.3 is 12.1 Å². The van der Waals surface area contributed by atoms with Gasteiger partial charge in [0.05, 0.1) is 29.3 Å². The molecule has 0 aliphatic carbocycles. The molecule has 1 spiro atoms. The van der Waals surface area contributed by atoms with Crippen LogP contribution in [0.1, 0.15) is 33.9 Å². The van der Waals surface area contributed by atoms with Crippen LogP contribution in [0.5, 0.6) is 0 Å². The van der Waals surface area contributed by atoms with E-state index >= 15 is 0 Å². The highest BCUT2D eigenvalue weighted by Gasteiger charge is 2.43. The number of amides is 2. The Morgan fingerprint density at radius 3 is 2.44 bits per heavy atom. The van der Waals surface area contributed by atoms with E-state index in [4.69, 9.17) is 14.6 Å². The first-order valence-electron chi connectivity index (χ1n) is 10.5. The minimum atomic E-state index is -5.08. The van der Waals surface area contributed by atoms with E-state index in [-0.39, 0.29) is 24.0 Å². The Kier molecular flexibility index (Phi) is 7.93. The molecule has 2 saturated heterocycles. The van der Waals surface area contributed by atoms with E-state index in [1.165, 1.54) is 11.3 Å². The largest absolute Gasteiger partial charge is 0.490 e. The van der Waals surface area contributed by atoms with Crippen LogP contribution in [0, 0.1) is 6.92 Å². The molecule has 2 aliphatic heterocycles. The number of carboxylic acid groups (broad SMARTS) is 1. The molecule has 8 nitrogen and oxygen atoms in total. The van der Waals surface area contributed by atoms with Gasteiger partial charge in [-0.1, -0.05) is 12.1 Å². The quantitative estimate of drug-likeness (QED) is 0.697. The number of pyridine rings is 1. The summed E-state index contributed by atoms with van der Waals surface area (Å²) < 4.78 is 37.7. The zero-order valence-electron chi connectivity index (χ0n) is 18.4. The summed E-state index contributed by atoms with van der Waals surface area (Å²) in [4.78, 5) is 42.8. The molecular formula is C22H24F3N3O5S. The number of carboxylic acids is 1. The molecule has 2 amide bonds. The molecule has 2 aromatic heterocycles. The van der Waals surface area contributed by atoms with Crippen molar-refractivity contribution in [2.24, 2.45) is 0 Å². The summed E-state index contributed by atoms with van der Waals surface area (Å²) in [6.07, 6.45) is -3.59. The van der Waals surface area contributed by atoms with E-state index in [1.54, 1.807) is 0 Å². The number of morpholine rings is 1. The van der Waals surface area contributed by atoms with E-state index in [2.05, 4.69) is 4.98 Å². The number of alkyl halides is 3. The Balaban J connectivity index is 0.000000406. The van der Waals surface area contributed by atoms with Gasteiger partial charge in [0.2, 0.25) is 5.91 Å². The summed E-state index contributed by atoms with van der Waals surface area (Å²) in [6, 6.07) is 9.63. The van der Waals surface area contributed by atoms with Gasteiger partial charge < -0.3 is 19.6 Å². The monoisotopic (exact) mass is 499 g/mol. The second-order valence-corrected chi connectivity index (χ2v) is 9.01. The van der Waals surface area contributed by atoms with Crippen LogP contribution in [0.2, 0.25) is 0 Å². The van der Waals surface area contributed by atoms with Gasteiger partial charge in [0.15, 0.2) is 0 Å². The van der Waals surface area contributed by atoms with Crippen LogP contribution in [0.3, 0.4) is 0 Å². The van der Waals surface area contributed by atoms with Crippen LogP contribution in [0.25, 0.3) is 0 Å². The number of nitrogens with zero attached hydrogens (tertiary/aromatic N) is 3. The third-order valence-electron chi connectivity index (χ3n) is 5.57. The number of likely N-dealkylation sites (tertiary alicyclic amines) is 1. The van der Waals surface area contributed by atoms with Crippen LogP contribution in [-0.4, -0.2) is 75.7 Å². The summed E-state index contributed by atoms with van der Waals surface area (Å²) in [5.74, 6) is -2.67. The lowest BCUT2D eigenvalue weighted by Crippen LogP contribution is -2.59. The van der Waals surface area contributed by atoms with Gasteiger partial charge in [-0.2, -0.15) is 13.2 Å². The second kappa shape index (κ2) is 10.5. The van der Waals surface area contributed by atoms with Crippen molar-refractivity contribution >= 4 is 29.1 Å². The molecule has 0 radical (unpaired) electrons. The SMILES string of the molecule is Cc1cccc(CN2CC3(CCN(C(=O)c4cccs4)CC3)OCC2=O)n1.O=C(O)C(F)(F)F.